The van der Waals surface area contributed by atoms with Gasteiger partial charge in [0.25, 0.3) is 0 Å². The number of rotatable bonds is 3. The largest absolute Gasteiger partial charge is 0.352 e. The summed E-state index contributed by atoms with van der Waals surface area (Å²) >= 11 is 0. The van der Waals surface area contributed by atoms with E-state index in [1.807, 2.05) is 6.07 Å². The first kappa shape index (κ1) is 12.7. The van der Waals surface area contributed by atoms with Gasteiger partial charge < -0.3 is 5.32 Å². The number of benzene rings is 1. The van der Waals surface area contributed by atoms with Crippen molar-refractivity contribution >= 4 is 11.4 Å². The van der Waals surface area contributed by atoms with Gasteiger partial charge in [-0.3, -0.25) is 0 Å². The van der Waals surface area contributed by atoms with Crippen LogP contribution in [0.3, 0.4) is 0 Å². The molecule has 0 amide bonds. The number of halogens is 1. The maximum absolute atomic E-state index is 13.5. The second-order valence-electron chi connectivity index (χ2n) is 4.12. The van der Waals surface area contributed by atoms with Crippen molar-refractivity contribution in [2.45, 2.75) is 0 Å². The molecule has 2 aromatic heterocycles. The molecule has 0 unspecified atom stereocenters. The topological polar surface area (TPSA) is 79.4 Å². The van der Waals surface area contributed by atoms with E-state index in [9.17, 15) is 4.39 Å². The maximum atomic E-state index is 13.5. The van der Waals surface area contributed by atoms with Crippen molar-refractivity contribution in [2.24, 2.45) is 0 Å². The molecule has 1 N–H and O–H groups in total. The van der Waals surface area contributed by atoms with Crippen LogP contribution in [0.2, 0.25) is 0 Å². The Morgan fingerprint density at radius 1 is 1.19 bits per heavy atom. The third-order valence-electron chi connectivity index (χ3n) is 2.74. The highest BCUT2D eigenvalue weighted by molar-refractivity contribution is 5.66. The summed E-state index contributed by atoms with van der Waals surface area (Å²) < 4.78 is 15.0. The van der Waals surface area contributed by atoms with Gasteiger partial charge in [-0.25, -0.2) is 19.0 Å². The molecule has 3 aromatic rings. The van der Waals surface area contributed by atoms with Crippen LogP contribution < -0.4 is 5.32 Å². The minimum Gasteiger partial charge on any atom is -0.352 e. The number of nitrogens with zero attached hydrogens (tertiary/aromatic N) is 5. The summed E-state index contributed by atoms with van der Waals surface area (Å²) in [4.78, 5) is 8.13. The summed E-state index contributed by atoms with van der Waals surface area (Å²) in [6, 6.07) is 7.93. The summed E-state index contributed by atoms with van der Waals surface area (Å²) in [5.74, 6) is -0.147. The monoisotopic (exact) mass is 280 g/mol. The molecular weight excluding hydrogens is 271 g/mol. The molecule has 0 aliphatic heterocycles. The second kappa shape index (κ2) is 5.38. The van der Waals surface area contributed by atoms with Gasteiger partial charge in [-0.1, -0.05) is 6.07 Å². The molecule has 0 aliphatic rings. The van der Waals surface area contributed by atoms with E-state index < -0.39 is 5.82 Å². The molecule has 1 aromatic carbocycles. The van der Waals surface area contributed by atoms with Crippen molar-refractivity contribution in [3.05, 3.63) is 60.4 Å². The van der Waals surface area contributed by atoms with Gasteiger partial charge in [0, 0.05) is 12.4 Å². The molecule has 0 bridgehead atoms. The average molecular weight is 280 g/mol. The Kier molecular flexibility index (Phi) is 3.27. The molecule has 0 fully saturated rings. The van der Waals surface area contributed by atoms with E-state index in [1.165, 1.54) is 16.8 Å². The van der Waals surface area contributed by atoms with Crippen LogP contribution in [0.5, 0.6) is 0 Å². The van der Waals surface area contributed by atoms with Crippen molar-refractivity contribution in [2.75, 3.05) is 5.32 Å². The highest BCUT2D eigenvalue weighted by Gasteiger charge is 2.09. The third kappa shape index (κ3) is 2.55. The summed E-state index contributed by atoms with van der Waals surface area (Å²) in [6.45, 7) is 0. The van der Waals surface area contributed by atoms with Crippen LogP contribution in [-0.4, -0.2) is 19.7 Å². The van der Waals surface area contributed by atoms with E-state index in [1.54, 1.807) is 36.9 Å². The summed E-state index contributed by atoms with van der Waals surface area (Å²) in [7, 11) is 0. The molecular formula is C14H9FN6. The Hall–Kier alpha value is -3.27. The van der Waals surface area contributed by atoms with Crippen LogP contribution in [-0.2, 0) is 0 Å². The zero-order valence-electron chi connectivity index (χ0n) is 10.7. The van der Waals surface area contributed by atoms with Gasteiger partial charge in [0.15, 0.2) is 0 Å². The van der Waals surface area contributed by atoms with E-state index in [0.29, 0.717) is 17.3 Å². The third-order valence-corrected chi connectivity index (χ3v) is 2.74. The van der Waals surface area contributed by atoms with Crippen LogP contribution >= 0.6 is 0 Å². The van der Waals surface area contributed by atoms with E-state index in [0.717, 1.165) is 0 Å². The first-order valence-electron chi connectivity index (χ1n) is 6.05. The lowest BCUT2D eigenvalue weighted by Gasteiger charge is -2.05. The van der Waals surface area contributed by atoms with Crippen LogP contribution in [0.15, 0.2) is 49.1 Å². The van der Waals surface area contributed by atoms with Gasteiger partial charge in [-0.15, -0.1) is 0 Å². The number of aromatic nitrogens is 4. The molecule has 0 saturated carbocycles. The minimum atomic E-state index is -0.568. The molecule has 0 aliphatic carbocycles. The molecule has 21 heavy (non-hydrogen) atoms. The Balaban J connectivity index is 1.89. The lowest BCUT2D eigenvalue weighted by atomic mass is 10.2. The van der Waals surface area contributed by atoms with Crippen molar-refractivity contribution in [3.8, 4) is 12.0 Å². The molecule has 102 valence electrons. The van der Waals surface area contributed by atoms with E-state index >= 15 is 0 Å². The highest BCUT2D eigenvalue weighted by Crippen LogP contribution is 2.22. The Morgan fingerprint density at radius 3 is 2.76 bits per heavy atom. The molecule has 0 atom stereocenters. The molecule has 6 nitrogen and oxygen atoms in total. The van der Waals surface area contributed by atoms with Gasteiger partial charge in [0.1, 0.15) is 17.4 Å². The van der Waals surface area contributed by atoms with Gasteiger partial charge in [-0.2, -0.15) is 10.4 Å². The molecule has 0 radical (unpaired) electrons. The SMILES string of the molecule is N#Cc1c(F)cccc1Nc1cnn(-c2ncccn2)c1. The minimum absolute atomic E-state index is 0.0405. The first-order valence-corrected chi connectivity index (χ1v) is 6.05. The normalized spacial score (nSPS) is 10.1. The Labute approximate surface area is 119 Å². The molecule has 7 heteroatoms. The van der Waals surface area contributed by atoms with Crippen LogP contribution in [0, 0.1) is 17.1 Å². The second-order valence-corrected chi connectivity index (χ2v) is 4.12. The van der Waals surface area contributed by atoms with Crippen molar-refractivity contribution in [1.82, 2.24) is 19.7 Å². The molecule has 3 rings (SSSR count). The quantitative estimate of drug-likeness (QED) is 0.797. The smallest absolute Gasteiger partial charge is 0.250 e. The number of nitriles is 1. The fourth-order valence-corrected chi connectivity index (χ4v) is 1.80. The predicted octanol–water partition coefficient (Wildman–Crippen LogP) is 2.42. The van der Waals surface area contributed by atoms with Crippen LogP contribution in [0.1, 0.15) is 5.56 Å². The van der Waals surface area contributed by atoms with E-state index in [2.05, 4.69) is 20.4 Å². The fraction of sp³-hybridized carbons (Fsp3) is 0. The zero-order chi connectivity index (χ0) is 14.7. The molecule has 2 heterocycles. The van der Waals surface area contributed by atoms with E-state index in [-0.39, 0.29) is 5.56 Å². The van der Waals surface area contributed by atoms with E-state index in [4.69, 9.17) is 5.26 Å². The van der Waals surface area contributed by atoms with Crippen molar-refractivity contribution in [1.29, 1.82) is 5.26 Å². The zero-order valence-corrected chi connectivity index (χ0v) is 10.7. The standard InChI is InChI=1S/C14H9FN6/c15-12-3-1-4-13(11(12)7-16)20-10-8-19-21(9-10)14-17-5-2-6-18-14/h1-6,8-9,20H. The van der Waals surface area contributed by atoms with Gasteiger partial charge in [-0.05, 0) is 18.2 Å². The number of hydrogen-bond acceptors (Lipinski definition) is 5. The van der Waals surface area contributed by atoms with Crippen molar-refractivity contribution in [3.63, 3.8) is 0 Å². The first-order chi connectivity index (χ1) is 10.3. The van der Waals surface area contributed by atoms with Crippen molar-refractivity contribution < 1.29 is 4.39 Å². The predicted molar refractivity (Wildman–Crippen MR) is 73.6 cm³/mol. The fourth-order valence-electron chi connectivity index (χ4n) is 1.80. The van der Waals surface area contributed by atoms with Crippen LogP contribution in [0.25, 0.3) is 5.95 Å². The number of anilines is 2. The summed E-state index contributed by atoms with van der Waals surface area (Å²) in [5, 5.41) is 16.1. The van der Waals surface area contributed by atoms with Gasteiger partial charge in [0.2, 0.25) is 5.95 Å². The Bertz CT molecular complexity index is 806. The summed E-state index contributed by atoms with van der Waals surface area (Å²) in [6.07, 6.45) is 6.42. The molecule has 0 spiro atoms. The maximum Gasteiger partial charge on any atom is 0.250 e. The van der Waals surface area contributed by atoms with Gasteiger partial charge >= 0.3 is 0 Å². The summed E-state index contributed by atoms with van der Waals surface area (Å²) in [5.41, 5.74) is 0.941. The average Bonchev–Trinajstić information content (AvgIpc) is 2.97. The molecule has 0 saturated heterocycles. The lowest BCUT2D eigenvalue weighted by Crippen LogP contribution is -2.00. The van der Waals surface area contributed by atoms with Crippen LogP contribution in [0.4, 0.5) is 15.8 Å². The lowest BCUT2D eigenvalue weighted by molar-refractivity contribution is 0.624. The number of hydrogen-bond donors (Lipinski definition) is 1. The van der Waals surface area contributed by atoms with Gasteiger partial charge in [0.05, 0.1) is 23.8 Å². The number of nitrogens with one attached hydrogen (secondary N) is 1. The highest BCUT2D eigenvalue weighted by atomic mass is 19.1. The Morgan fingerprint density at radius 2 is 2.00 bits per heavy atom.